The Morgan fingerprint density at radius 2 is 2.20 bits per heavy atom. The fraction of sp³-hybridized carbons (Fsp3) is 0.444. The van der Waals surface area contributed by atoms with Crippen molar-refractivity contribution in [3.8, 4) is 0 Å². The van der Waals surface area contributed by atoms with E-state index in [1.165, 1.54) is 6.07 Å². The summed E-state index contributed by atoms with van der Waals surface area (Å²) in [6.07, 6.45) is 2.22. The van der Waals surface area contributed by atoms with Crippen LogP contribution in [0.2, 0.25) is 5.15 Å². The minimum atomic E-state index is -0.554. The molecule has 5 nitrogen and oxygen atoms in total. The number of nitro groups is 1. The molecule has 1 aromatic heterocycles. The van der Waals surface area contributed by atoms with Gasteiger partial charge in [0.25, 0.3) is 10.8 Å². The van der Waals surface area contributed by atoms with Crippen LogP contribution < -0.4 is 4.73 Å². The van der Waals surface area contributed by atoms with Crippen LogP contribution in [0.4, 0.5) is 5.69 Å². The smallest absolute Gasteiger partial charge is 0.293 e. The van der Waals surface area contributed by atoms with Crippen LogP contribution in [0.5, 0.6) is 0 Å². The second-order valence-corrected chi connectivity index (χ2v) is 3.57. The summed E-state index contributed by atoms with van der Waals surface area (Å²) in [6, 6.07) is 2.33. The van der Waals surface area contributed by atoms with E-state index in [4.69, 9.17) is 11.6 Å². The molecule has 15 heavy (non-hydrogen) atoms. The Labute approximate surface area is 92.0 Å². The minimum Gasteiger partial charge on any atom is -0.617 e. The Balaban J connectivity index is 3.07. The highest BCUT2D eigenvalue weighted by Gasteiger charge is 2.18. The average Bonchev–Trinajstić information content (AvgIpc) is 2.19. The van der Waals surface area contributed by atoms with Crippen molar-refractivity contribution in [1.82, 2.24) is 0 Å². The summed E-state index contributed by atoms with van der Waals surface area (Å²) in [4.78, 5) is 9.97. The largest absolute Gasteiger partial charge is 0.617 e. The van der Waals surface area contributed by atoms with Crippen molar-refractivity contribution in [2.75, 3.05) is 0 Å². The zero-order valence-electron chi connectivity index (χ0n) is 8.27. The molecule has 0 aliphatic carbocycles. The molecule has 0 atom stereocenters. The summed E-state index contributed by atoms with van der Waals surface area (Å²) in [6.45, 7) is 1.98. The van der Waals surface area contributed by atoms with Crippen molar-refractivity contribution in [1.29, 1.82) is 0 Å². The molecule has 0 saturated heterocycles. The van der Waals surface area contributed by atoms with Crippen LogP contribution in [0.1, 0.15) is 25.5 Å². The van der Waals surface area contributed by atoms with Crippen molar-refractivity contribution >= 4 is 17.3 Å². The van der Waals surface area contributed by atoms with Crippen LogP contribution in [-0.4, -0.2) is 4.92 Å². The second kappa shape index (κ2) is 4.93. The van der Waals surface area contributed by atoms with Gasteiger partial charge in [-0.15, -0.1) is 0 Å². The highest BCUT2D eigenvalue weighted by atomic mass is 35.5. The molecule has 0 saturated carbocycles. The first-order valence-corrected chi connectivity index (χ1v) is 5.00. The zero-order chi connectivity index (χ0) is 11.4. The third-order valence-corrected chi connectivity index (χ3v) is 2.30. The fourth-order valence-electron chi connectivity index (χ4n) is 1.23. The van der Waals surface area contributed by atoms with Gasteiger partial charge in [-0.1, -0.05) is 13.3 Å². The van der Waals surface area contributed by atoms with E-state index < -0.39 is 4.92 Å². The summed E-state index contributed by atoms with van der Waals surface area (Å²) < 4.78 is 0.532. The van der Waals surface area contributed by atoms with Crippen LogP contribution in [0.25, 0.3) is 0 Å². The number of pyridine rings is 1. The monoisotopic (exact) mass is 230 g/mol. The van der Waals surface area contributed by atoms with Crippen LogP contribution in [-0.2, 0) is 6.42 Å². The van der Waals surface area contributed by atoms with Gasteiger partial charge in [-0.2, -0.15) is 4.73 Å². The van der Waals surface area contributed by atoms with E-state index in [0.29, 0.717) is 16.8 Å². The highest BCUT2D eigenvalue weighted by molar-refractivity contribution is 6.28. The molecule has 0 amide bonds. The van der Waals surface area contributed by atoms with Gasteiger partial charge in [-0.3, -0.25) is 10.1 Å². The lowest BCUT2D eigenvalue weighted by molar-refractivity contribution is -0.612. The summed E-state index contributed by atoms with van der Waals surface area (Å²) in [5, 5.41) is 21.8. The van der Waals surface area contributed by atoms with Crippen LogP contribution >= 0.6 is 11.6 Å². The van der Waals surface area contributed by atoms with Crippen LogP contribution in [0, 0.1) is 15.3 Å². The van der Waals surface area contributed by atoms with Gasteiger partial charge < -0.3 is 5.21 Å². The maximum absolute atomic E-state index is 11.4. The molecule has 0 aromatic carbocycles. The molecule has 1 heterocycles. The maximum atomic E-state index is 11.4. The van der Waals surface area contributed by atoms with E-state index in [-0.39, 0.29) is 10.8 Å². The lowest BCUT2D eigenvalue weighted by atomic mass is 10.2. The molecule has 0 fully saturated rings. The second-order valence-electron chi connectivity index (χ2n) is 3.18. The number of hydrogen-bond acceptors (Lipinski definition) is 3. The van der Waals surface area contributed by atoms with E-state index in [1.54, 1.807) is 0 Å². The van der Waals surface area contributed by atoms with E-state index in [1.807, 2.05) is 6.92 Å². The van der Waals surface area contributed by atoms with Gasteiger partial charge in [0.05, 0.1) is 11.0 Å². The molecule has 0 radical (unpaired) electrons. The summed E-state index contributed by atoms with van der Waals surface area (Å²) >= 11 is 5.59. The molecule has 0 bridgehead atoms. The maximum Gasteiger partial charge on any atom is 0.293 e. The third-order valence-electron chi connectivity index (χ3n) is 2.03. The van der Waals surface area contributed by atoms with Gasteiger partial charge in [-0.05, 0) is 18.0 Å². The minimum absolute atomic E-state index is 0.141. The first-order valence-electron chi connectivity index (χ1n) is 4.62. The molecule has 82 valence electrons. The summed E-state index contributed by atoms with van der Waals surface area (Å²) in [7, 11) is 0. The summed E-state index contributed by atoms with van der Waals surface area (Å²) in [5.74, 6) is 0. The van der Waals surface area contributed by atoms with E-state index in [0.717, 1.165) is 18.9 Å². The summed E-state index contributed by atoms with van der Waals surface area (Å²) in [5.41, 5.74) is 0.203. The molecule has 1 rings (SSSR count). The van der Waals surface area contributed by atoms with Gasteiger partial charge in [-0.25, -0.2) is 0 Å². The lowest BCUT2D eigenvalue weighted by Crippen LogP contribution is -2.33. The Hall–Kier alpha value is -1.36. The number of unbranched alkanes of at least 4 members (excludes halogenated alkanes) is 1. The van der Waals surface area contributed by atoms with Crippen LogP contribution in [0.15, 0.2) is 12.1 Å². The van der Waals surface area contributed by atoms with Gasteiger partial charge in [0.2, 0.25) is 5.69 Å². The predicted octanol–water partition coefficient (Wildman–Crippen LogP) is 2.22. The Bertz CT molecular complexity index is 382. The molecular formula is C9H11ClN2O3. The van der Waals surface area contributed by atoms with Crippen LogP contribution in [0.3, 0.4) is 0 Å². The van der Waals surface area contributed by atoms with Gasteiger partial charge >= 0.3 is 0 Å². The first kappa shape index (κ1) is 11.7. The van der Waals surface area contributed by atoms with E-state index in [2.05, 4.69) is 0 Å². The number of aromatic nitrogens is 1. The SMILES string of the molecule is CCCCc1cc([N+](=O)[O-])cc(Cl)[n+]1[O-]. The highest BCUT2D eigenvalue weighted by Crippen LogP contribution is 2.17. The number of hydrogen-bond donors (Lipinski definition) is 0. The van der Waals surface area contributed by atoms with Crippen molar-refractivity contribution in [2.45, 2.75) is 26.2 Å². The van der Waals surface area contributed by atoms with E-state index in [9.17, 15) is 15.3 Å². The molecule has 0 aliphatic rings. The number of nitrogens with zero attached hydrogens (tertiary/aromatic N) is 2. The van der Waals surface area contributed by atoms with E-state index >= 15 is 0 Å². The van der Waals surface area contributed by atoms with Gasteiger partial charge in [0.1, 0.15) is 6.07 Å². The van der Waals surface area contributed by atoms with Gasteiger partial charge in [0.15, 0.2) is 0 Å². The lowest BCUT2D eigenvalue weighted by Gasteiger charge is -2.04. The first-order chi connectivity index (χ1) is 7.06. The van der Waals surface area contributed by atoms with Crippen molar-refractivity contribution in [2.24, 2.45) is 0 Å². The Kier molecular flexibility index (Phi) is 3.85. The van der Waals surface area contributed by atoms with Crippen molar-refractivity contribution < 1.29 is 9.65 Å². The Morgan fingerprint density at radius 1 is 1.53 bits per heavy atom. The molecule has 0 spiro atoms. The zero-order valence-corrected chi connectivity index (χ0v) is 9.03. The number of aryl methyl sites for hydroxylation is 1. The third kappa shape index (κ3) is 2.79. The van der Waals surface area contributed by atoms with Crippen molar-refractivity contribution in [3.05, 3.63) is 38.3 Å². The fourth-order valence-corrected chi connectivity index (χ4v) is 1.45. The molecule has 0 N–H and O–H groups in total. The molecule has 0 unspecified atom stereocenters. The van der Waals surface area contributed by atoms with Crippen molar-refractivity contribution in [3.63, 3.8) is 0 Å². The molecule has 1 aromatic rings. The topological polar surface area (TPSA) is 70.1 Å². The number of halogens is 1. The predicted molar refractivity (Wildman–Crippen MR) is 55.7 cm³/mol. The quantitative estimate of drug-likeness (QED) is 0.262. The number of rotatable bonds is 4. The molecule has 0 aliphatic heterocycles. The van der Waals surface area contributed by atoms with Gasteiger partial charge in [0, 0.05) is 6.42 Å². The normalized spacial score (nSPS) is 10.3. The Morgan fingerprint density at radius 3 is 2.73 bits per heavy atom. The molecule has 6 heteroatoms. The molecular weight excluding hydrogens is 220 g/mol. The average molecular weight is 231 g/mol. The standard InChI is InChI=1S/C9H11ClN2O3/c1-2-3-4-7-5-8(12(14)15)6-9(10)11(7)13/h5-6H,2-4H2,1H3.